The summed E-state index contributed by atoms with van der Waals surface area (Å²) in [5.41, 5.74) is 0. The molecule has 0 aromatic rings. The zero-order valence-electron chi connectivity index (χ0n) is 7.10. The van der Waals surface area contributed by atoms with E-state index in [4.69, 9.17) is 21.1 Å². The molecule has 0 spiro atoms. The molecule has 2 atom stereocenters. The first-order valence-electron chi connectivity index (χ1n) is 4.09. The summed E-state index contributed by atoms with van der Waals surface area (Å²) >= 11 is 6.17. The molecule has 1 saturated heterocycles. The summed E-state index contributed by atoms with van der Waals surface area (Å²) in [7, 11) is 0. The van der Waals surface area contributed by atoms with Crippen molar-refractivity contribution < 1.29 is 9.47 Å². The quantitative estimate of drug-likeness (QED) is 0.604. The Morgan fingerprint density at radius 2 is 2.45 bits per heavy atom. The van der Waals surface area contributed by atoms with Gasteiger partial charge in [0.2, 0.25) is 0 Å². The van der Waals surface area contributed by atoms with Crippen molar-refractivity contribution >= 4 is 11.6 Å². The predicted octanol–water partition coefficient (Wildman–Crippen LogP) is 2.16. The molecule has 1 aliphatic rings. The molecule has 0 saturated carbocycles. The van der Waals surface area contributed by atoms with E-state index in [1.807, 2.05) is 13.8 Å². The zero-order chi connectivity index (χ0) is 8.32. The van der Waals surface area contributed by atoms with Crippen LogP contribution in [-0.2, 0) is 9.47 Å². The Balaban J connectivity index is 2.45. The van der Waals surface area contributed by atoms with Gasteiger partial charge in [-0.25, -0.2) is 0 Å². The van der Waals surface area contributed by atoms with Crippen molar-refractivity contribution in [2.45, 2.75) is 37.9 Å². The van der Waals surface area contributed by atoms with E-state index in [9.17, 15) is 0 Å². The Morgan fingerprint density at radius 1 is 1.73 bits per heavy atom. The Hall–Kier alpha value is 0.210. The normalized spacial score (nSPS) is 39.0. The summed E-state index contributed by atoms with van der Waals surface area (Å²) in [5, 5.41) is 0. The van der Waals surface area contributed by atoms with Crippen molar-refractivity contribution in [3.8, 4) is 0 Å². The standard InChI is InChI=1S/C8H15ClO2/c1-3-10-7-8(2,9)5-4-6-11-7/h7H,3-6H2,1-2H3. The van der Waals surface area contributed by atoms with E-state index < -0.39 is 0 Å². The van der Waals surface area contributed by atoms with E-state index in [1.54, 1.807) is 0 Å². The van der Waals surface area contributed by atoms with Crippen LogP contribution in [0, 0.1) is 0 Å². The van der Waals surface area contributed by atoms with Gasteiger partial charge in [-0.2, -0.15) is 0 Å². The lowest BCUT2D eigenvalue weighted by atomic mass is 10.0. The third-order valence-electron chi connectivity index (χ3n) is 1.89. The first-order valence-corrected chi connectivity index (χ1v) is 4.47. The van der Waals surface area contributed by atoms with Gasteiger partial charge in [0.1, 0.15) is 0 Å². The van der Waals surface area contributed by atoms with Crippen LogP contribution in [-0.4, -0.2) is 24.4 Å². The molecular formula is C8H15ClO2. The van der Waals surface area contributed by atoms with E-state index in [0.29, 0.717) is 6.61 Å². The van der Waals surface area contributed by atoms with Crippen molar-refractivity contribution in [2.24, 2.45) is 0 Å². The molecule has 66 valence electrons. The van der Waals surface area contributed by atoms with Gasteiger partial charge in [-0.15, -0.1) is 11.6 Å². The number of alkyl halides is 1. The second kappa shape index (κ2) is 3.74. The first-order chi connectivity index (χ1) is 5.17. The van der Waals surface area contributed by atoms with Gasteiger partial charge in [-0.3, -0.25) is 0 Å². The van der Waals surface area contributed by atoms with Crippen LogP contribution in [0.3, 0.4) is 0 Å². The van der Waals surface area contributed by atoms with Crippen LogP contribution in [0.15, 0.2) is 0 Å². The second-order valence-corrected chi connectivity index (χ2v) is 3.90. The summed E-state index contributed by atoms with van der Waals surface area (Å²) < 4.78 is 10.7. The Labute approximate surface area is 72.8 Å². The lowest BCUT2D eigenvalue weighted by Gasteiger charge is -2.35. The Morgan fingerprint density at radius 3 is 3.00 bits per heavy atom. The number of halogens is 1. The molecule has 2 nitrogen and oxygen atoms in total. The minimum Gasteiger partial charge on any atom is -0.351 e. The Kier molecular flexibility index (Phi) is 3.16. The third kappa shape index (κ3) is 2.32. The molecule has 0 aliphatic carbocycles. The molecule has 1 fully saturated rings. The topological polar surface area (TPSA) is 18.5 Å². The lowest BCUT2D eigenvalue weighted by Crippen LogP contribution is -2.42. The van der Waals surface area contributed by atoms with Gasteiger partial charge in [-0.05, 0) is 26.7 Å². The van der Waals surface area contributed by atoms with Crippen LogP contribution in [0.2, 0.25) is 0 Å². The molecule has 2 unspecified atom stereocenters. The average Bonchev–Trinajstić information content (AvgIpc) is 1.94. The minimum atomic E-state index is -0.325. The molecule has 0 radical (unpaired) electrons. The number of rotatable bonds is 2. The molecule has 0 amide bonds. The molecule has 11 heavy (non-hydrogen) atoms. The summed E-state index contributed by atoms with van der Waals surface area (Å²) in [6, 6.07) is 0. The van der Waals surface area contributed by atoms with Crippen molar-refractivity contribution in [1.82, 2.24) is 0 Å². The summed E-state index contributed by atoms with van der Waals surface area (Å²) in [4.78, 5) is -0.325. The molecule has 0 aromatic carbocycles. The van der Waals surface area contributed by atoms with Crippen LogP contribution in [0.25, 0.3) is 0 Å². The van der Waals surface area contributed by atoms with Gasteiger partial charge in [0, 0.05) is 13.2 Å². The van der Waals surface area contributed by atoms with Crippen LogP contribution >= 0.6 is 11.6 Å². The molecular weight excluding hydrogens is 164 g/mol. The van der Waals surface area contributed by atoms with Crippen LogP contribution in [0.1, 0.15) is 26.7 Å². The predicted molar refractivity (Wildman–Crippen MR) is 44.9 cm³/mol. The molecule has 0 aromatic heterocycles. The minimum absolute atomic E-state index is 0.220. The first kappa shape index (κ1) is 9.30. The van der Waals surface area contributed by atoms with E-state index in [-0.39, 0.29) is 11.2 Å². The maximum absolute atomic E-state index is 6.17. The average molecular weight is 179 g/mol. The van der Waals surface area contributed by atoms with E-state index >= 15 is 0 Å². The van der Waals surface area contributed by atoms with Gasteiger partial charge in [0.15, 0.2) is 6.29 Å². The van der Waals surface area contributed by atoms with Crippen molar-refractivity contribution in [3.05, 3.63) is 0 Å². The highest BCUT2D eigenvalue weighted by atomic mass is 35.5. The maximum atomic E-state index is 6.17. The molecule has 0 N–H and O–H groups in total. The summed E-state index contributed by atoms with van der Waals surface area (Å²) in [5.74, 6) is 0. The SMILES string of the molecule is CCOC1OCCCC1(C)Cl. The van der Waals surface area contributed by atoms with Gasteiger partial charge >= 0.3 is 0 Å². The highest BCUT2D eigenvalue weighted by Gasteiger charge is 2.36. The van der Waals surface area contributed by atoms with Crippen LogP contribution in [0.5, 0.6) is 0 Å². The van der Waals surface area contributed by atoms with Gasteiger partial charge < -0.3 is 9.47 Å². The van der Waals surface area contributed by atoms with E-state index in [2.05, 4.69) is 0 Å². The van der Waals surface area contributed by atoms with Crippen LogP contribution < -0.4 is 0 Å². The fraction of sp³-hybridized carbons (Fsp3) is 1.00. The monoisotopic (exact) mass is 178 g/mol. The van der Waals surface area contributed by atoms with Gasteiger partial charge in [-0.1, -0.05) is 0 Å². The van der Waals surface area contributed by atoms with Crippen molar-refractivity contribution in [3.63, 3.8) is 0 Å². The Bertz CT molecular complexity index is 123. The zero-order valence-corrected chi connectivity index (χ0v) is 7.86. The number of hydrogen-bond acceptors (Lipinski definition) is 2. The molecule has 1 heterocycles. The highest BCUT2D eigenvalue weighted by Crippen LogP contribution is 2.32. The largest absolute Gasteiger partial charge is 0.351 e. The highest BCUT2D eigenvalue weighted by molar-refractivity contribution is 6.24. The van der Waals surface area contributed by atoms with Gasteiger partial charge in [0.05, 0.1) is 4.87 Å². The summed E-state index contributed by atoms with van der Waals surface area (Å²) in [6.07, 6.45) is 1.78. The fourth-order valence-electron chi connectivity index (χ4n) is 1.27. The third-order valence-corrected chi connectivity index (χ3v) is 2.26. The van der Waals surface area contributed by atoms with E-state index in [1.165, 1.54) is 0 Å². The smallest absolute Gasteiger partial charge is 0.176 e. The number of ether oxygens (including phenoxy) is 2. The van der Waals surface area contributed by atoms with E-state index in [0.717, 1.165) is 19.4 Å². The van der Waals surface area contributed by atoms with Crippen molar-refractivity contribution in [1.29, 1.82) is 0 Å². The number of hydrogen-bond donors (Lipinski definition) is 0. The molecule has 1 rings (SSSR count). The summed E-state index contributed by atoms with van der Waals surface area (Å²) in [6.45, 7) is 5.35. The fourth-order valence-corrected chi connectivity index (χ4v) is 1.53. The lowest BCUT2D eigenvalue weighted by molar-refractivity contribution is -0.177. The van der Waals surface area contributed by atoms with Crippen LogP contribution in [0.4, 0.5) is 0 Å². The second-order valence-electron chi connectivity index (χ2n) is 3.04. The molecule has 0 bridgehead atoms. The van der Waals surface area contributed by atoms with Gasteiger partial charge in [0.25, 0.3) is 0 Å². The van der Waals surface area contributed by atoms with Crippen molar-refractivity contribution in [2.75, 3.05) is 13.2 Å². The maximum Gasteiger partial charge on any atom is 0.176 e. The molecule has 1 aliphatic heterocycles. The molecule has 3 heteroatoms.